The maximum atomic E-state index is 5.65. The summed E-state index contributed by atoms with van der Waals surface area (Å²) in [6.45, 7) is 1.90. The molecule has 2 aliphatic rings. The van der Waals surface area contributed by atoms with Crippen molar-refractivity contribution < 1.29 is 4.84 Å². The summed E-state index contributed by atoms with van der Waals surface area (Å²) in [5, 5.41) is 5.73. The number of nitrogens with one attached hydrogen (secondary N) is 1. The monoisotopic (exact) mass is 294 g/mol. The van der Waals surface area contributed by atoms with Gasteiger partial charge in [0.15, 0.2) is 0 Å². The molecular weight excluding hydrogens is 272 g/mol. The van der Waals surface area contributed by atoms with Crippen LogP contribution in [0.3, 0.4) is 0 Å². The highest BCUT2D eigenvalue weighted by atomic mass is 16.7. The Labute approximate surface area is 131 Å². The third-order valence-electron chi connectivity index (χ3n) is 5.03. The second-order valence-corrected chi connectivity index (χ2v) is 6.35. The van der Waals surface area contributed by atoms with Crippen LogP contribution in [0.15, 0.2) is 54.6 Å². The Morgan fingerprint density at radius 2 is 1.73 bits per heavy atom. The predicted molar refractivity (Wildman–Crippen MR) is 88.2 cm³/mol. The van der Waals surface area contributed by atoms with Crippen LogP contribution in [0.25, 0.3) is 11.1 Å². The lowest BCUT2D eigenvalue weighted by Gasteiger charge is -2.34. The van der Waals surface area contributed by atoms with Gasteiger partial charge in [0.25, 0.3) is 0 Å². The largest absolute Gasteiger partial charge is 0.309 e. The number of fused-ring (bicyclic) bond motifs is 1. The molecule has 0 aliphatic carbocycles. The zero-order valence-electron chi connectivity index (χ0n) is 12.9. The van der Waals surface area contributed by atoms with Crippen molar-refractivity contribution in [1.82, 2.24) is 10.4 Å². The summed E-state index contributed by atoms with van der Waals surface area (Å²) in [7, 11) is 2.06. The molecule has 0 unspecified atom stereocenters. The first-order valence-corrected chi connectivity index (χ1v) is 8.06. The van der Waals surface area contributed by atoms with Crippen molar-refractivity contribution in [3.63, 3.8) is 0 Å². The van der Waals surface area contributed by atoms with Crippen LogP contribution < -0.4 is 5.32 Å². The Hall–Kier alpha value is -1.68. The second kappa shape index (κ2) is 5.84. The van der Waals surface area contributed by atoms with Gasteiger partial charge in [-0.1, -0.05) is 54.6 Å². The molecule has 0 aromatic heterocycles. The summed E-state index contributed by atoms with van der Waals surface area (Å²) in [5.41, 5.74) is 3.92. The second-order valence-electron chi connectivity index (χ2n) is 6.35. The fourth-order valence-electron chi connectivity index (χ4n) is 3.66. The van der Waals surface area contributed by atoms with E-state index in [1.807, 2.05) is 0 Å². The van der Waals surface area contributed by atoms with Gasteiger partial charge in [0.1, 0.15) is 0 Å². The summed E-state index contributed by atoms with van der Waals surface area (Å²) < 4.78 is 0. The van der Waals surface area contributed by atoms with Crippen LogP contribution >= 0.6 is 0 Å². The Balaban J connectivity index is 1.51. The average molecular weight is 294 g/mol. The molecule has 2 heterocycles. The predicted octanol–water partition coefficient (Wildman–Crippen LogP) is 3.25. The molecule has 3 nitrogen and oxygen atoms in total. The summed E-state index contributed by atoms with van der Waals surface area (Å²) in [6.07, 6.45) is 1.12. The van der Waals surface area contributed by atoms with Crippen molar-refractivity contribution in [2.24, 2.45) is 5.92 Å². The maximum Gasteiger partial charge on any atom is 0.0741 e. The number of rotatable bonds is 2. The van der Waals surface area contributed by atoms with Crippen molar-refractivity contribution in [3.05, 3.63) is 60.2 Å². The van der Waals surface area contributed by atoms with Gasteiger partial charge < -0.3 is 5.32 Å². The van der Waals surface area contributed by atoms with E-state index in [9.17, 15) is 0 Å². The molecule has 0 radical (unpaired) electrons. The number of hydroxylamine groups is 2. The Bertz CT molecular complexity index is 626. The van der Waals surface area contributed by atoms with Gasteiger partial charge in [0.2, 0.25) is 0 Å². The van der Waals surface area contributed by atoms with Gasteiger partial charge in [-0.25, -0.2) is 0 Å². The average Bonchev–Trinajstić information content (AvgIpc) is 2.96. The highest BCUT2D eigenvalue weighted by Gasteiger charge is 2.38. The van der Waals surface area contributed by atoms with Crippen molar-refractivity contribution in [1.29, 1.82) is 0 Å². The van der Waals surface area contributed by atoms with Gasteiger partial charge in [-0.15, -0.1) is 0 Å². The quantitative estimate of drug-likeness (QED) is 0.920. The molecule has 4 rings (SSSR count). The van der Waals surface area contributed by atoms with Crippen molar-refractivity contribution in [2.45, 2.75) is 18.5 Å². The third-order valence-corrected chi connectivity index (χ3v) is 5.03. The van der Waals surface area contributed by atoms with E-state index < -0.39 is 0 Å². The van der Waals surface area contributed by atoms with E-state index in [-0.39, 0.29) is 0 Å². The van der Waals surface area contributed by atoms with E-state index in [1.165, 1.54) is 16.7 Å². The minimum atomic E-state index is 0.426. The molecule has 0 spiro atoms. The molecule has 22 heavy (non-hydrogen) atoms. The number of benzene rings is 2. The maximum absolute atomic E-state index is 5.65. The summed E-state index contributed by atoms with van der Waals surface area (Å²) in [4.78, 5) is 5.65. The van der Waals surface area contributed by atoms with Crippen LogP contribution in [0.4, 0.5) is 0 Å². The van der Waals surface area contributed by atoms with Gasteiger partial charge >= 0.3 is 0 Å². The normalized spacial score (nSPS) is 28.5. The third kappa shape index (κ3) is 2.56. The van der Waals surface area contributed by atoms with E-state index in [0.717, 1.165) is 19.6 Å². The lowest BCUT2D eigenvalue weighted by molar-refractivity contribution is -0.112. The molecule has 114 valence electrons. The molecule has 2 aromatic rings. The van der Waals surface area contributed by atoms with E-state index in [0.29, 0.717) is 18.0 Å². The zero-order chi connectivity index (χ0) is 14.9. The first-order chi connectivity index (χ1) is 10.8. The Morgan fingerprint density at radius 1 is 1.00 bits per heavy atom. The van der Waals surface area contributed by atoms with Crippen molar-refractivity contribution >= 4 is 0 Å². The van der Waals surface area contributed by atoms with Gasteiger partial charge in [-0.2, -0.15) is 5.06 Å². The van der Waals surface area contributed by atoms with Gasteiger partial charge in [-0.05, 0) is 23.1 Å². The Kier molecular flexibility index (Phi) is 3.70. The van der Waals surface area contributed by atoms with Crippen LogP contribution in [0.1, 0.15) is 18.0 Å². The molecule has 1 N–H and O–H groups in total. The van der Waals surface area contributed by atoms with Gasteiger partial charge in [0, 0.05) is 31.6 Å². The molecule has 2 fully saturated rings. The van der Waals surface area contributed by atoms with Gasteiger partial charge in [-0.3, -0.25) is 4.84 Å². The first kappa shape index (κ1) is 13.9. The summed E-state index contributed by atoms with van der Waals surface area (Å²) >= 11 is 0. The molecule has 2 saturated heterocycles. The SMILES string of the molecule is CN1OC[C@@H]2CN[C@H](c3ccc(-c4ccccc4)cc3)C[C@@H]21. The number of piperidine rings is 1. The van der Waals surface area contributed by atoms with Crippen LogP contribution in [0.2, 0.25) is 0 Å². The molecule has 0 amide bonds. The highest BCUT2D eigenvalue weighted by Crippen LogP contribution is 2.33. The molecule has 2 aliphatic heterocycles. The van der Waals surface area contributed by atoms with Crippen molar-refractivity contribution in [3.8, 4) is 11.1 Å². The first-order valence-electron chi connectivity index (χ1n) is 8.06. The van der Waals surface area contributed by atoms with Crippen LogP contribution in [-0.4, -0.2) is 31.3 Å². The molecule has 2 aromatic carbocycles. The molecule has 3 heteroatoms. The fraction of sp³-hybridized carbons (Fsp3) is 0.368. The Morgan fingerprint density at radius 3 is 2.50 bits per heavy atom. The molecule has 0 saturated carbocycles. The van der Waals surface area contributed by atoms with Crippen molar-refractivity contribution in [2.75, 3.05) is 20.2 Å². The summed E-state index contributed by atoms with van der Waals surface area (Å²) in [6, 6.07) is 20.5. The van der Waals surface area contributed by atoms with Crippen LogP contribution in [0.5, 0.6) is 0 Å². The summed E-state index contributed by atoms with van der Waals surface area (Å²) in [5.74, 6) is 0.629. The van der Waals surface area contributed by atoms with E-state index in [1.54, 1.807) is 0 Å². The van der Waals surface area contributed by atoms with E-state index >= 15 is 0 Å². The van der Waals surface area contributed by atoms with Crippen LogP contribution in [-0.2, 0) is 4.84 Å². The minimum Gasteiger partial charge on any atom is -0.309 e. The number of hydrogen-bond acceptors (Lipinski definition) is 3. The number of nitrogens with zero attached hydrogens (tertiary/aromatic N) is 1. The fourth-order valence-corrected chi connectivity index (χ4v) is 3.66. The minimum absolute atomic E-state index is 0.426. The van der Waals surface area contributed by atoms with Gasteiger partial charge in [0.05, 0.1) is 6.61 Å². The van der Waals surface area contributed by atoms with Crippen LogP contribution in [0, 0.1) is 5.92 Å². The lowest BCUT2D eigenvalue weighted by Crippen LogP contribution is -2.44. The molecular formula is C19H22N2O. The smallest absolute Gasteiger partial charge is 0.0741 e. The molecule has 0 bridgehead atoms. The van der Waals surface area contributed by atoms with E-state index in [4.69, 9.17) is 4.84 Å². The topological polar surface area (TPSA) is 24.5 Å². The van der Waals surface area contributed by atoms with E-state index in [2.05, 4.69) is 72.0 Å². The zero-order valence-corrected chi connectivity index (χ0v) is 12.9. The standard InChI is InChI=1S/C19H22N2O/c1-21-19-11-18(20-12-17(19)13-22-21)16-9-7-15(8-10-16)14-5-3-2-4-6-14/h2-10,17-20H,11-13H2,1H3/t17-,18-,19-/m0/s1. The highest BCUT2D eigenvalue weighted by molar-refractivity contribution is 5.63. The number of hydrogen-bond donors (Lipinski definition) is 1. The molecule has 3 atom stereocenters. The lowest BCUT2D eigenvalue weighted by atomic mass is 9.87.